The van der Waals surface area contributed by atoms with Gasteiger partial charge in [0.15, 0.2) is 18.5 Å². The van der Waals surface area contributed by atoms with E-state index in [4.69, 9.17) is 18.9 Å². The Morgan fingerprint density at radius 2 is 1.43 bits per heavy atom. The third kappa shape index (κ3) is 7.23. The van der Waals surface area contributed by atoms with E-state index in [2.05, 4.69) is 0 Å². The van der Waals surface area contributed by atoms with Gasteiger partial charge in [-0.25, -0.2) is 9.59 Å². The molecule has 35 heavy (non-hydrogen) atoms. The molecule has 0 aliphatic carbocycles. The maximum atomic E-state index is 12.7. The summed E-state index contributed by atoms with van der Waals surface area (Å²) in [7, 11) is 1.51. The number of carbonyl (C=O) groups is 3. The zero-order valence-corrected chi connectivity index (χ0v) is 19.1. The zero-order valence-electron chi connectivity index (χ0n) is 19.1. The van der Waals surface area contributed by atoms with Gasteiger partial charge in [-0.2, -0.15) is 0 Å². The number of aldehydes is 1. The van der Waals surface area contributed by atoms with Crippen LogP contribution in [0, 0.1) is 0 Å². The van der Waals surface area contributed by atoms with Gasteiger partial charge in [0.05, 0.1) is 24.8 Å². The normalized spacial score (nSPS) is 13.2. The second kappa shape index (κ2) is 13.0. The van der Waals surface area contributed by atoms with E-state index < -0.39 is 36.9 Å². The first-order chi connectivity index (χ1) is 17.0. The fourth-order valence-corrected chi connectivity index (χ4v) is 3.26. The Labute approximate surface area is 203 Å². The Balaban J connectivity index is 1.75. The van der Waals surface area contributed by atoms with Crippen LogP contribution < -0.4 is 4.74 Å². The van der Waals surface area contributed by atoms with Gasteiger partial charge in [-0.1, -0.05) is 54.6 Å². The molecule has 0 amide bonds. The van der Waals surface area contributed by atoms with Crippen LogP contribution in [0.25, 0.3) is 0 Å². The van der Waals surface area contributed by atoms with Crippen LogP contribution in [-0.2, 0) is 25.6 Å². The SMILES string of the molecule is COc1ccccc1CO[C@@H](C=O)[C@H](OC(=O)c1ccccc1)[C@H](O)COC(=O)c1ccccc1. The van der Waals surface area contributed by atoms with Gasteiger partial charge < -0.3 is 28.8 Å². The number of rotatable bonds is 12. The monoisotopic (exact) mass is 478 g/mol. The summed E-state index contributed by atoms with van der Waals surface area (Å²) in [6, 6.07) is 23.4. The van der Waals surface area contributed by atoms with Crippen LogP contribution in [0.2, 0.25) is 0 Å². The number of esters is 2. The summed E-state index contributed by atoms with van der Waals surface area (Å²) >= 11 is 0. The summed E-state index contributed by atoms with van der Waals surface area (Å²) in [6.45, 7) is -0.577. The Bertz CT molecular complexity index is 1100. The van der Waals surface area contributed by atoms with Crippen molar-refractivity contribution in [1.29, 1.82) is 0 Å². The highest BCUT2D eigenvalue weighted by Gasteiger charge is 2.34. The van der Waals surface area contributed by atoms with E-state index in [-0.39, 0.29) is 17.7 Å². The molecule has 0 saturated carbocycles. The maximum Gasteiger partial charge on any atom is 0.338 e. The van der Waals surface area contributed by atoms with Crippen molar-refractivity contribution in [3.8, 4) is 5.75 Å². The predicted octanol–water partition coefficient (Wildman–Crippen LogP) is 3.22. The number of ether oxygens (including phenoxy) is 4. The molecule has 0 bridgehead atoms. The van der Waals surface area contributed by atoms with Gasteiger partial charge >= 0.3 is 11.9 Å². The molecule has 3 rings (SSSR count). The van der Waals surface area contributed by atoms with Crippen LogP contribution in [0.1, 0.15) is 26.3 Å². The van der Waals surface area contributed by atoms with Crippen molar-refractivity contribution in [3.05, 3.63) is 102 Å². The van der Waals surface area contributed by atoms with Crippen molar-refractivity contribution in [2.75, 3.05) is 13.7 Å². The molecule has 3 aromatic carbocycles. The number of hydrogen-bond donors (Lipinski definition) is 1. The van der Waals surface area contributed by atoms with Gasteiger partial charge in [0.25, 0.3) is 0 Å². The Hall–Kier alpha value is -4.01. The highest BCUT2D eigenvalue weighted by molar-refractivity contribution is 5.90. The van der Waals surface area contributed by atoms with Crippen LogP contribution in [0.4, 0.5) is 0 Å². The van der Waals surface area contributed by atoms with Crippen LogP contribution in [0.3, 0.4) is 0 Å². The molecule has 182 valence electrons. The lowest BCUT2D eigenvalue weighted by Gasteiger charge is -2.27. The van der Waals surface area contributed by atoms with E-state index in [9.17, 15) is 19.5 Å². The number of hydrogen-bond acceptors (Lipinski definition) is 8. The van der Waals surface area contributed by atoms with Crippen molar-refractivity contribution < 1.29 is 38.4 Å². The molecule has 0 spiro atoms. The van der Waals surface area contributed by atoms with Crippen LogP contribution >= 0.6 is 0 Å². The Morgan fingerprint density at radius 3 is 2.03 bits per heavy atom. The van der Waals surface area contributed by atoms with Gasteiger partial charge in [-0.15, -0.1) is 0 Å². The average Bonchev–Trinajstić information content (AvgIpc) is 2.92. The summed E-state index contributed by atoms with van der Waals surface area (Å²) < 4.78 is 21.6. The standard InChI is InChI=1S/C27H26O8/c1-32-23-15-9-8-14-21(23)17-33-24(16-28)25(35-27(31)20-12-6-3-7-13-20)22(29)18-34-26(30)19-10-4-2-5-11-19/h2-16,22,24-25,29H,17-18H2,1H3/t22-,24+,25-/m1/s1. The number of benzene rings is 3. The van der Waals surface area contributed by atoms with Crippen LogP contribution in [0.5, 0.6) is 5.75 Å². The zero-order chi connectivity index (χ0) is 25.0. The molecule has 3 atom stereocenters. The first-order valence-corrected chi connectivity index (χ1v) is 10.9. The smallest absolute Gasteiger partial charge is 0.338 e. The molecule has 0 aliphatic heterocycles. The summed E-state index contributed by atoms with van der Waals surface area (Å²) in [5.41, 5.74) is 1.16. The molecule has 0 aliphatic rings. The second-order valence-electron chi connectivity index (χ2n) is 7.49. The number of methoxy groups -OCH3 is 1. The van der Waals surface area contributed by atoms with Gasteiger partial charge in [0.1, 0.15) is 18.5 Å². The number of aliphatic hydroxyl groups excluding tert-OH is 1. The maximum absolute atomic E-state index is 12.7. The molecule has 1 N–H and O–H groups in total. The summed E-state index contributed by atoms with van der Waals surface area (Å²) in [5, 5.41) is 10.8. The van der Waals surface area contributed by atoms with Gasteiger partial charge in [-0.05, 0) is 30.3 Å². The van der Waals surface area contributed by atoms with Crippen molar-refractivity contribution in [2.45, 2.75) is 24.9 Å². The van der Waals surface area contributed by atoms with Crippen LogP contribution in [-0.4, -0.2) is 55.4 Å². The lowest BCUT2D eigenvalue weighted by molar-refractivity contribution is -0.139. The Morgan fingerprint density at radius 1 is 0.857 bits per heavy atom. The number of aliphatic hydroxyl groups is 1. The average molecular weight is 478 g/mol. The van der Waals surface area contributed by atoms with Crippen molar-refractivity contribution in [1.82, 2.24) is 0 Å². The van der Waals surface area contributed by atoms with E-state index in [0.29, 0.717) is 17.6 Å². The third-order valence-electron chi connectivity index (χ3n) is 5.11. The van der Waals surface area contributed by atoms with E-state index >= 15 is 0 Å². The lowest BCUT2D eigenvalue weighted by Crippen LogP contribution is -2.46. The first-order valence-electron chi connectivity index (χ1n) is 10.9. The third-order valence-corrected chi connectivity index (χ3v) is 5.11. The largest absolute Gasteiger partial charge is 0.496 e. The van der Waals surface area contributed by atoms with Gasteiger partial charge in [0.2, 0.25) is 0 Å². The lowest BCUT2D eigenvalue weighted by atomic mass is 10.1. The fraction of sp³-hybridized carbons (Fsp3) is 0.222. The van der Waals surface area contributed by atoms with Crippen molar-refractivity contribution >= 4 is 18.2 Å². The molecule has 0 fully saturated rings. The molecular weight excluding hydrogens is 452 g/mol. The second-order valence-corrected chi connectivity index (χ2v) is 7.49. The molecule has 3 aromatic rings. The highest BCUT2D eigenvalue weighted by atomic mass is 16.6. The topological polar surface area (TPSA) is 108 Å². The number of para-hydroxylation sites is 1. The minimum Gasteiger partial charge on any atom is -0.496 e. The molecule has 0 heterocycles. The Kier molecular flexibility index (Phi) is 9.53. The fourth-order valence-electron chi connectivity index (χ4n) is 3.26. The molecular formula is C27H26O8. The summed E-state index contributed by atoms with van der Waals surface area (Å²) in [6.07, 6.45) is -3.90. The molecule has 0 aromatic heterocycles. The van der Waals surface area contributed by atoms with Crippen molar-refractivity contribution in [3.63, 3.8) is 0 Å². The number of carbonyl (C=O) groups excluding carboxylic acids is 3. The van der Waals surface area contributed by atoms with E-state index in [1.165, 1.54) is 19.2 Å². The van der Waals surface area contributed by atoms with Gasteiger partial charge in [0, 0.05) is 5.56 Å². The minimum atomic E-state index is -1.54. The quantitative estimate of drug-likeness (QED) is 0.312. The summed E-state index contributed by atoms with van der Waals surface area (Å²) in [4.78, 5) is 36.9. The molecule has 8 heteroatoms. The van der Waals surface area contributed by atoms with Crippen LogP contribution in [0.15, 0.2) is 84.9 Å². The molecule has 0 unspecified atom stereocenters. The summed E-state index contributed by atoms with van der Waals surface area (Å²) in [5.74, 6) is -0.889. The molecule has 0 saturated heterocycles. The van der Waals surface area contributed by atoms with E-state index in [1.807, 2.05) is 0 Å². The molecule has 8 nitrogen and oxygen atoms in total. The molecule has 0 radical (unpaired) electrons. The van der Waals surface area contributed by atoms with E-state index in [1.54, 1.807) is 72.8 Å². The highest BCUT2D eigenvalue weighted by Crippen LogP contribution is 2.20. The first kappa shape index (κ1) is 25.6. The van der Waals surface area contributed by atoms with Crippen molar-refractivity contribution in [2.24, 2.45) is 0 Å². The van der Waals surface area contributed by atoms with Gasteiger partial charge in [-0.3, -0.25) is 0 Å². The predicted molar refractivity (Wildman–Crippen MR) is 126 cm³/mol. The van der Waals surface area contributed by atoms with E-state index in [0.717, 1.165) is 0 Å². The minimum absolute atomic E-state index is 0.0523.